The third kappa shape index (κ3) is 7.90. The topological polar surface area (TPSA) is 87.4 Å². The summed E-state index contributed by atoms with van der Waals surface area (Å²) in [6.45, 7) is 8.93. The molecule has 2 heterocycles. The highest BCUT2D eigenvalue weighted by molar-refractivity contribution is 5.86. The summed E-state index contributed by atoms with van der Waals surface area (Å²) in [5.41, 5.74) is 4.99. The van der Waals surface area contributed by atoms with Gasteiger partial charge in [0, 0.05) is 63.0 Å². The number of carbonyl (C=O) groups is 1. The zero-order valence-electron chi connectivity index (χ0n) is 28.1. The van der Waals surface area contributed by atoms with Gasteiger partial charge in [0.15, 0.2) is 0 Å². The highest BCUT2D eigenvalue weighted by atomic mass is 16.6. The van der Waals surface area contributed by atoms with Crippen LogP contribution in [0, 0.1) is 5.92 Å². The van der Waals surface area contributed by atoms with Gasteiger partial charge in [0.25, 0.3) is 0 Å². The Morgan fingerprint density at radius 1 is 1.00 bits per heavy atom. The molecule has 1 aromatic heterocycles. The summed E-state index contributed by atoms with van der Waals surface area (Å²) in [5.74, 6) is -0.00405. The molecule has 1 saturated carbocycles. The highest BCUT2D eigenvalue weighted by Gasteiger charge is 2.43. The van der Waals surface area contributed by atoms with Crippen molar-refractivity contribution in [1.82, 2.24) is 14.4 Å². The highest BCUT2D eigenvalue weighted by Crippen LogP contribution is 2.40. The number of fused-ring (bicyclic) bond motifs is 1. The Balaban J connectivity index is 1.32. The molecule has 3 atom stereocenters. The number of nitrogens with zero attached hydrogens (tertiary/aromatic N) is 3. The lowest BCUT2D eigenvalue weighted by Crippen LogP contribution is -2.53. The van der Waals surface area contributed by atoms with Crippen LogP contribution in [0.4, 0.5) is 0 Å². The lowest BCUT2D eigenvalue weighted by molar-refractivity contribution is -0.245. The minimum Gasteiger partial charge on any atom is -0.508 e. The Bertz CT molecular complexity index is 1660. The number of benzene rings is 3. The van der Waals surface area contributed by atoms with E-state index >= 15 is 0 Å². The standard InChI is InChI=1S/C39H49N3O5/c1-39(2,3)47-38(45)41-21-19-33(29-10-7-9-28(23-29)27-13-17-32(43)18-14-27)35(26-41)37(44)42(31-15-16-31)25-30-24-40(20-8-22-46-4)36-12-6-5-11-34(30)36/h5-7,9-14,17-18,23-24,31,33,35,38,43,45H,8,15-16,19-22,25-26H2,1-4H3/t33-,35+,38?/m1/s1. The first kappa shape index (κ1) is 33.2. The van der Waals surface area contributed by atoms with Crippen molar-refractivity contribution in [1.29, 1.82) is 0 Å². The fourth-order valence-corrected chi connectivity index (χ4v) is 7.00. The first-order chi connectivity index (χ1) is 22.6. The number of rotatable bonds is 12. The predicted molar refractivity (Wildman–Crippen MR) is 185 cm³/mol. The molecule has 1 unspecified atom stereocenters. The zero-order valence-corrected chi connectivity index (χ0v) is 28.1. The van der Waals surface area contributed by atoms with Crippen molar-refractivity contribution < 1.29 is 24.5 Å². The van der Waals surface area contributed by atoms with Crippen LogP contribution in [-0.2, 0) is 27.4 Å². The van der Waals surface area contributed by atoms with Crippen molar-refractivity contribution >= 4 is 16.8 Å². The molecule has 1 aliphatic carbocycles. The van der Waals surface area contributed by atoms with Crippen molar-refractivity contribution in [2.75, 3.05) is 26.8 Å². The molecule has 6 rings (SSSR count). The van der Waals surface area contributed by atoms with Crippen molar-refractivity contribution in [3.63, 3.8) is 0 Å². The third-order valence-corrected chi connectivity index (χ3v) is 9.48. The quantitative estimate of drug-likeness (QED) is 0.132. The summed E-state index contributed by atoms with van der Waals surface area (Å²) in [6.07, 6.45) is 4.78. The van der Waals surface area contributed by atoms with E-state index in [9.17, 15) is 15.0 Å². The second kappa shape index (κ2) is 14.2. The van der Waals surface area contributed by atoms with Gasteiger partial charge in [-0.25, -0.2) is 0 Å². The first-order valence-electron chi connectivity index (χ1n) is 17.0. The molecular formula is C39H49N3O5. The van der Waals surface area contributed by atoms with Crippen molar-refractivity contribution in [3.05, 3.63) is 90.1 Å². The van der Waals surface area contributed by atoms with E-state index < -0.39 is 12.0 Å². The number of methoxy groups -OCH3 is 1. The van der Waals surface area contributed by atoms with Crippen LogP contribution in [-0.4, -0.2) is 75.4 Å². The first-order valence-corrected chi connectivity index (χ1v) is 17.0. The lowest BCUT2D eigenvalue weighted by atomic mass is 9.78. The van der Waals surface area contributed by atoms with Crippen LogP contribution >= 0.6 is 0 Å². The van der Waals surface area contributed by atoms with Crippen LogP contribution in [0.3, 0.4) is 0 Å². The molecule has 8 heteroatoms. The van der Waals surface area contributed by atoms with Crippen LogP contribution < -0.4 is 0 Å². The summed E-state index contributed by atoms with van der Waals surface area (Å²) in [4.78, 5) is 18.9. The molecule has 0 radical (unpaired) electrons. The maximum Gasteiger partial charge on any atom is 0.228 e. The molecule has 2 N–H and O–H groups in total. The number of aliphatic hydroxyl groups excluding tert-OH is 1. The maximum atomic E-state index is 14.9. The number of aliphatic hydroxyl groups is 1. The van der Waals surface area contributed by atoms with Crippen molar-refractivity contribution in [3.8, 4) is 16.9 Å². The Morgan fingerprint density at radius 2 is 1.77 bits per heavy atom. The van der Waals surface area contributed by atoms with Crippen LogP contribution in [0.25, 0.3) is 22.0 Å². The van der Waals surface area contributed by atoms with Crippen LogP contribution in [0.1, 0.15) is 63.5 Å². The van der Waals surface area contributed by atoms with Gasteiger partial charge in [-0.2, -0.15) is 0 Å². The maximum absolute atomic E-state index is 14.9. The summed E-state index contributed by atoms with van der Waals surface area (Å²) in [5, 5.41) is 22.1. The van der Waals surface area contributed by atoms with Gasteiger partial charge in [0.2, 0.25) is 12.3 Å². The van der Waals surface area contributed by atoms with Gasteiger partial charge in [-0.3, -0.25) is 9.69 Å². The average Bonchev–Trinajstić information content (AvgIpc) is 3.85. The minimum absolute atomic E-state index is 0.0192. The molecule has 1 aliphatic heterocycles. The summed E-state index contributed by atoms with van der Waals surface area (Å²) in [6, 6.07) is 24.3. The van der Waals surface area contributed by atoms with E-state index in [4.69, 9.17) is 9.47 Å². The molecule has 1 amide bonds. The second-order valence-electron chi connectivity index (χ2n) is 14.1. The minimum atomic E-state index is -1.09. The van der Waals surface area contributed by atoms with Gasteiger partial charge < -0.3 is 29.2 Å². The van der Waals surface area contributed by atoms with E-state index in [1.54, 1.807) is 19.2 Å². The molecule has 250 valence electrons. The van der Waals surface area contributed by atoms with Gasteiger partial charge in [-0.15, -0.1) is 0 Å². The average molecular weight is 640 g/mol. The lowest BCUT2D eigenvalue weighted by Gasteiger charge is -2.42. The molecule has 2 aliphatic rings. The van der Waals surface area contributed by atoms with Crippen LogP contribution in [0.2, 0.25) is 0 Å². The molecule has 8 nitrogen and oxygen atoms in total. The van der Waals surface area contributed by atoms with Gasteiger partial charge in [0.1, 0.15) is 5.75 Å². The van der Waals surface area contributed by atoms with Gasteiger partial charge in [-0.05, 0) is 92.8 Å². The third-order valence-electron chi connectivity index (χ3n) is 9.48. The Hall–Kier alpha value is -3.69. The fraction of sp³-hybridized carbons (Fsp3) is 0.462. The molecule has 47 heavy (non-hydrogen) atoms. The number of amides is 1. The number of ether oxygens (including phenoxy) is 2. The summed E-state index contributed by atoms with van der Waals surface area (Å²) < 4.78 is 13.6. The van der Waals surface area contributed by atoms with E-state index in [1.807, 2.05) is 37.8 Å². The monoisotopic (exact) mass is 639 g/mol. The predicted octanol–water partition coefficient (Wildman–Crippen LogP) is 6.74. The number of hydrogen-bond acceptors (Lipinski definition) is 6. The van der Waals surface area contributed by atoms with Crippen molar-refractivity contribution in [2.45, 2.75) is 83.5 Å². The summed E-state index contributed by atoms with van der Waals surface area (Å²) in [7, 11) is 1.73. The number of likely N-dealkylation sites (tertiary alicyclic amines) is 1. The number of carbonyl (C=O) groups excluding carboxylic acids is 1. The van der Waals surface area contributed by atoms with Crippen molar-refractivity contribution in [2.24, 2.45) is 5.92 Å². The molecule has 4 aromatic rings. The Labute approximate surface area is 278 Å². The molecule has 3 aromatic carbocycles. The number of aromatic nitrogens is 1. The molecular weight excluding hydrogens is 590 g/mol. The smallest absolute Gasteiger partial charge is 0.228 e. The SMILES string of the molecule is COCCCn1cc(CN(C(=O)[C@H]2CN(C(O)OC(C)(C)C)CC[C@@H]2c2cccc(-c3ccc(O)cc3)c2)C2CC2)c2ccccc21. The van der Waals surface area contributed by atoms with Gasteiger partial charge in [0.05, 0.1) is 11.5 Å². The largest absolute Gasteiger partial charge is 0.508 e. The van der Waals surface area contributed by atoms with Gasteiger partial charge >= 0.3 is 0 Å². The molecule has 0 bridgehead atoms. The fourth-order valence-electron chi connectivity index (χ4n) is 7.00. The molecule has 1 saturated heterocycles. The number of phenolic OH excluding ortho intramolecular Hbond substituents is 1. The zero-order chi connectivity index (χ0) is 33.1. The second-order valence-corrected chi connectivity index (χ2v) is 14.1. The molecule has 0 spiro atoms. The number of aryl methyl sites for hydroxylation is 1. The van der Waals surface area contributed by atoms with Gasteiger partial charge in [-0.1, -0.05) is 54.6 Å². The summed E-state index contributed by atoms with van der Waals surface area (Å²) >= 11 is 0. The van der Waals surface area contributed by atoms with Crippen LogP contribution in [0.5, 0.6) is 5.75 Å². The Kier molecular flexibility index (Phi) is 10.0. The number of aromatic hydroxyl groups is 1. The number of phenols is 1. The normalized spacial score (nSPS) is 19.6. The van der Waals surface area contributed by atoms with Crippen LogP contribution in [0.15, 0.2) is 79.0 Å². The molecule has 2 fully saturated rings. The van der Waals surface area contributed by atoms with E-state index in [-0.39, 0.29) is 29.5 Å². The number of hydrogen-bond donors (Lipinski definition) is 2. The van der Waals surface area contributed by atoms with E-state index in [2.05, 4.69) is 64.2 Å². The van der Waals surface area contributed by atoms with E-state index in [0.29, 0.717) is 26.2 Å². The number of para-hydroxylation sites is 1. The Morgan fingerprint density at radius 3 is 2.49 bits per heavy atom. The van der Waals surface area contributed by atoms with E-state index in [1.165, 1.54) is 10.9 Å². The van der Waals surface area contributed by atoms with E-state index in [0.717, 1.165) is 54.5 Å². The number of piperidine rings is 1.